The van der Waals surface area contributed by atoms with Gasteiger partial charge in [0.15, 0.2) is 0 Å². The Balaban J connectivity index is 2.95. The normalized spacial score (nSPS) is 10.0. The van der Waals surface area contributed by atoms with Gasteiger partial charge in [-0.2, -0.15) is 0 Å². The van der Waals surface area contributed by atoms with E-state index < -0.39 is 4.92 Å². The van der Waals surface area contributed by atoms with Gasteiger partial charge in [0.25, 0.3) is 5.69 Å². The first kappa shape index (κ1) is 11.5. The van der Waals surface area contributed by atoms with E-state index in [0.29, 0.717) is 17.9 Å². The molecular weight excluding hydrogens is 198 g/mol. The minimum absolute atomic E-state index is 0.0624. The molecule has 0 spiro atoms. The minimum Gasteiger partial charge on any atom is -0.493 e. The van der Waals surface area contributed by atoms with Gasteiger partial charge in [-0.15, -0.1) is 0 Å². The van der Waals surface area contributed by atoms with Crippen molar-refractivity contribution < 1.29 is 14.8 Å². The van der Waals surface area contributed by atoms with Gasteiger partial charge in [0.1, 0.15) is 5.75 Å². The highest BCUT2D eigenvalue weighted by molar-refractivity contribution is 5.42. The predicted octanol–water partition coefficient (Wildman–Crippen LogP) is 1.88. The van der Waals surface area contributed by atoms with E-state index in [1.807, 2.05) is 6.92 Å². The fourth-order valence-electron chi connectivity index (χ4n) is 1.14. The number of hydrogen-bond acceptors (Lipinski definition) is 4. The minimum atomic E-state index is -0.502. The van der Waals surface area contributed by atoms with E-state index in [1.165, 1.54) is 12.1 Å². The molecule has 1 aromatic rings. The summed E-state index contributed by atoms with van der Waals surface area (Å²) in [5.41, 5.74) is 0.419. The molecular formula is C10H13NO4. The van der Waals surface area contributed by atoms with Crippen molar-refractivity contribution in [2.45, 2.75) is 20.0 Å². The highest BCUT2D eigenvalue weighted by atomic mass is 16.6. The lowest BCUT2D eigenvalue weighted by atomic mass is 10.2. The molecule has 5 heteroatoms. The lowest BCUT2D eigenvalue weighted by molar-refractivity contribution is -0.385. The molecule has 0 aliphatic heterocycles. The average Bonchev–Trinajstić information content (AvgIpc) is 2.25. The van der Waals surface area contributed by atoms with Crippen molar-refractivity contribution in [2.24, 2.45) is 0 Å². The van der Waals surface area contributed by atoms with E-state index in [0.717, 1.165) is 6.42 Å². The van der Waals surface area contributed by atoms with Crippen molar-refractivity contribution in [1.29, 1.82) is 0 Å². The second kappa shape index (κ2) is 5.31. The number of aliphatic hydroxyl groups is 1. The molecule has 0 aliphatic rings. The maximum Gasteiger partial charge on any atom is 0.273 e. The topological polar surface area (TPSA) is 72.6 Å². The standard InChI is InChI=1S/C10H13NO4/c1-2-3-15-10-5-8(7-12)4-9(6-10)11(13)14/h4-6,12H,2-3,7H2,1H3. The fraction of sp³-hybridized carbons (Fsp3) is 0.400. The van der Waals surface area contributed by atoms with Gasteiger partial charge in [-0.1, -0.05) is 6.92 Å². The van der Waals surface area contributed by atoms with E-state index in [1.54, 1.807) is 6.07 Å². The third-order valence-corrected chi connectivity index (χ3v) is 1.82. The maximum atomic E-state index is 10.6. The van der Waals surface area contributed by atoms with Crippen LogP contribution < -0.4 is 4.74 Å². The molecule has 0 aromatic heterocycles. The first-order chi connectivity index (χ1) is 7.17. The highest BCUT2D eigenvalue weighted by Crippen LogP contribution is 2.22. The molecule has 0 amide bonds. The Hall–Kier alpha value is -1.62. The van der Waals surface area contributed by atoms with E-state index in [4.69, 9.17) is 9.84 Å². The molecule has 0 fully saturated rings. The van der Waals surface area contributed by atoms with Gasteiger partial charge in [0, 0.05) is 6.07 Å². The van der Waals surface area contributed by atoms with E-state index in [9.17, 15) is 10.1 Å². The molecule has 0 aliphatic carbocycles. The molecule has 0 atom stereocenters. The summed E-state index contributed by atoms with van der Waals surface area (Å²) in [5.74, 6) is 0.426. The Labute approximate surface area is 87.5 Å². The summed E-state index contributed by atoms with van der Waals surface area (Å²) in [6.07, 6.45) is 0.831. The summed E-state index contributed by atoms with van der Waals surface area (Å²) in [5, 5.41) is 19.5. The lowest BCUT2D eigenvalue weighted by Crippen LogP contribution is -1.98. The highest BCUT2D eigenvalue weighted by Gasteiger charge is 2.09. The number of rotatable bonds is 5. The van der Waals surface area contributed by atoms with Crippen LogP contribution in [0.3, 0.4) is 0 Å². The third kappa shape index (κ3) is 3.21. The predicted molar refractivity (Wildman–Crippen MR) is 54.8 cm³/mol. The van der Waals surface area contributed by atoms with Crippen LogP contribution in [0.15, 0.2) is 18.2 Å². The first-order valence-corrected chi connectivity index (χ1v) is 4.69. The van der Waals surface area contributed by atoms with Gasteiger partial charge in [0.2, 0.25) is 0 Å². The van der Waals surface area contributed by atoms with Crippen LogP contribution in [0.5, 0.6) is 5.75 Å². The Morgan fingerprint density at radius 3 is 2.73 bits per heavy atom. The van der Waals surface area contributed by atoms with Crippen LogP contribution in [0, 0.1) is 10.1 Å². The summed E-state index contributed by atoms with van der Waals surface area (Å²) in [6.45, 7) is 2.22. The molecule has 15 heavy (non-hydrogen) atoms. The SMILES string of the molecule is CCCOc1cc(CO)cc([N+](=O)[O-])c1. The summed E-state index contributed by atoms with van der Waals surface area (Å²) in [4.78, 5) is 10.1. The van der Waals surface area contributed by atoms with Crippen molar-refractivity contribution in [1.82, 2.24) is 0 Å². The zero-order chi connectivity index (χ0) is 11.3. The Morgan fingerprint density at radius 2 is 2.20 bits per heavy atom. The van der Waals surface area contributed by atoms with Crippen molar-refractivity contribution in [3.63, 3.8) is 0 Å². The summed E-state index contributed by atoms with van der Waals surface area (Å²) < 4.78 is 5.27. The van der Waals surface area contributed by atoms with E-state index in [-0.39, 0.29) is 12.3 Å². The van der Waals surface area contributed by atoms with Gasteiger partial charge in [-0.3, -0.25) is 10.1 Å². The number of non-ortho nitro benzene ring substituents is 1. The van der Waals surface area contributed by atoms with Crippen LogP contribution in [0.1, 0.15) is 18.9 Å². The largest absolute Gasteiger partial charge is 0.493 e. The van der Waals surface area contributed by atoms with Crippen LogP contribution in [-0.4, -0.2) is 16.6 Å². The number of ether oxygens (including phenoxy) is 1. The number of nitro benzene ring substituents is 1. The first-order valence-electron chi connectivity index (χ1n) is 4.69. The number of hydrogen-bond donors (Lipinski definition) is 1. The summed E-state index contributed by atoms with van der Waals surface area (Å²) in [6, 6.07) is 4.29. The summed E-state index contributed by atoms with van der Waals surface area (Å²) in [7, 11) is 0. The fourth-order valence-corrected chi connectivity index (χ4v) is 1.14. The molecule has 82 valence electrons. The summed E-state index contributed by atoms with van der Waals surface area (Å²) >= 11 is 0. The number of nitrogens with zero attached hydrogens (tertiary/aromatic N) is 1. The number of nitro groups is 1. The van der Waals surface area contributed by atoms with E-state index in [2.05, 4.69) is 0 Å². The molecule has 1 aromatic carbocycles. The molecule has 0 saturated heterocycles. The quantitative estimate of drug-likeness (QED) is 0.596. The molecule has 1 N–H and O–H groups in total. The number of aliphatic hydroxyl groups excluding tert-OH is 1. The van der Waals surface area contributed by atoms with E-state index >= 15 is 0 Å². The molecule has 0 unspecified atom stereocenters. The van der Waals surface area contributed by atoms with Gasteiger partial charge in [-0.05, 0) is 18.1 Å². The Bertz CT molecular complexity index is 351. The van der Waals surface area contributed by atoms with Gasteiger partial charge in [0.05, 0.1) is 24.2 Å². The second-order valence-corrected chi connectivity index (χ2v) is 3.10. The van der Waals surface area contributed by atoms with Gasteiger partial charge in [-0.25, -0.2) is 0 Å². The number of benzene rings is 1. The van der Waals surface area contributed by atoms with Crippen LogP contribution in [0.2, 0.25) is 0 Å². The zero-order valence-corrected chi connectivity index (χ0v) is 8.47. The smallest absolute Gasteiger partial charge is 0.273 e. The zero-order valence-electron chi connectivity index (χ0n) is 8.47. The van der Waals surface area contributed by atoms with Crippen molar-refractivity contribution in [3.8, 4) is 5.75 Å². The van der Waals surface area contributed by atoms with Crippen LogP contribution in [-0.2, 0) is 6.61 Å². The van der Waals surface area contributed by atoms with Crippen LogP contribution in [0.25, 0.3) is 0 Å². The molecule has 1 rings (SSSR count). The van der Waals surface area contributed by atoms with Crippen molar-refractivity contribution in [2.75, 3.05) is 6.61 Å². The molecule has 5 nitrogen and oxygen atoms in total. The maximum absolute atomic E-state index is 10.6. The lowest BCUT2D eigenvalue weighted by Gasteiger charge is -2.05. The third-order valence-electron chi connectivity index (χ3n) is 1.82. The average molecular weight is 211 g/mol. The molecule has 0 heterocycles. The molecule has 0 saturated carbocycles. The van der Waals surface area contributed by atoms with Crippen molar-refractivity contribution >= 4 is 5.69 Å². The van der Waals surface area contributed by atoms with Gasteiger partial charge < -0.3 is 9.84 Å². The van der Waals surface area contributed by atoms with Crippen LogP contribution in [0.4, 0.5) is 5.69 Å². The molecule has 0 bridgehead atoms. The molecule has 0 radical (unpaired) electrons. The Morgan fingerprint density at radius 1 is 1.47 bits per heavy atom. The van der Waals surface area contributed by atoms with Gasteiger partial charge >= 0.3 is 0 Å². The monoisotopic (exact) mass is 211 g/mol. The van der Waals surface area contributed by atoms with Crippen molar-refractivity contribution in [3.05, 3.63) is 33.9 Å². The second-order valence-electron chi connectivity index (χ2n) is 3.10. The van der Waals surface area contributed by atoms with Crippen LogP contribution >= 0.6 is 0 Å². The Kier molecular flexibility index (Phi) is 4.05.